The summed E-state index contributed by atoms with van der Waals surface area (Å²) < 4.78 is 107. The number of alkyl halides is 6. The number of urea groups is 1. The summed E-state index contributed by atoms with van der Waals surface area (Å²) in [7, 11) is 3.75. The van der Waals surface area contributed by atoms with E-state index in [1.807, 2.05) is 106 Å². The Morgan fingerprint density at radius 2 is 0.985 bits per heavy atom. The summed E-state index contributed by atoms with van der Waals surface area (Å²) in [5.41, 5.74) is 26.0. The second-order valence-corrected chi connectivity index (χ2v) is 32.9. The van der Waals surface area contributed by atoms with Gasteiger partial charge in [-0.15, -0.1) is 0 Å². The Kier molecular flexibility index (Phi) is 32.2. The number of carbonyl (C=O) groups is 6. The molecule has 1 atom stereocenters. The highest BCUT2D eigenvalue weighted by Crippen LogP contribution is 2.36. The molecule has 1 aliphatic rings. The number of aliphatic hydroxyl groups excluding tert-OH is 1. The fraction of sp³-hybridized carbons (Fsp3) is 0.214. The number of aryl methyl sites for hydroxylation is 3. The summed E-state index contributed by atoms with van der Waals surface area (Å²) in [5, 5.41) is 26.2. The number of nitrogens with two attached hydrogens (primary N) is 3. The van der Waals surface area contributed by atoms with E-state index in [-0.39, 0.29) is 42.1 Å². The zero-order valence-electron chi connectivity index (χ0n) is 73.8. The van der Waals surface area contributed by atoms with Gasteiger partial charge in [-0.3, -0.25) is 24.0 Å². The predicted molar refractivity (Wildman–Crippen MR) is 510 cm³/mol. The number of nitrogens with one attached hydrogen (secondary N) is 4. The Balaban J connectivity index is 0.000000185. The van der Waals surface area contributed by atoms with Crippen molar-refractivity contribution < 1.29 is 69.0 Å². The summed E-state index contributed by atoms with van der Waals surface area (Å²) in [6, 6.07) is 48.6. The van der Waals surface area contributed by atoms with Gasteiger partial charge in [0.05, 0.1) is 58.3 Å². The van der Waals surface area contributed by atoms with Crippen LogP contribution in [0.25, 0.3) is 32.3 Å². The number of halogens is 10. The summed E-state index contributed by atoms with van der Waals surface area (Å²) >= 11 is 12.3. The van der Waals surface area contributed by atoms with Crippen LogP contribution in [-0.2, 0) is 34.8 Å². The number of aromatic nitrogens is 3. The van der Waals surface area contributed by atoms with Crippen LogP contribution in [0.15, 0.2) is 213 Å². The van der Waals surface area contributed by atoms with Crippen molar-refractivity contribution in [1.82, 2.24) is 34.6 Å². The van der Waals surface area contributed by atoms with Gasteiger partial charge in [-0.2, -0.15) is 26.3 Å². The molecule has 6 amide bonds. The van der Waals surface area contributed by atoms with Crippen molar-refractivity contribution in [3.8, 4) is 35.5 Å². The summed E-state index contributed by atoms with van der Waals surface area (Å²) in [6.45, 7) is 14.4. The first-order chi connectivity index (χ1) is 63.8. The fourth-order valence-electron chi connectivity index (χ4n) is 14.5. The second kappa shape index (κ2) is 44.0. The van der Waals surface area contributed by atoms with Crippen LogP contribution in [0, 0.1) is 67.9 Å². The molecule has 31 heteroatoms. The van der Waals surface area contributed by atoms with Crippen LogP contribution in [0.1, 0.15) is 136 Å². The lowest BCUT2D eigenvalue weighted by atomic mass is 9.96. The highest BCUT2D eigenvalue weighted by Gasteiger charge is 2.34. The molecular weight excluding hydrogens is 1770 g/mol. The number of likely N-dealkylation sites (N-methyl/N-ethyl adjacent to an activating group) is 2. The van der Waals surface area contributed by atoms with E-state index in [4.69, 9.17) is 40.4 Å². The Bertz CT molecular complexity index is 6840. The molecule has 21 nitrogen and oxygen atoms in total. The van der Waals surface area contributed by atoms with Gasteiger partial charge in [-0.05, 0) is 234 Å². The fourth-order valence-corrected chi connectivity index (χ4v) is 14.9. The molecule has 4 heterocycles. The molecule has 0 aliphatic carbocycles. The molecule has 1 fully saturated rings. The van der Waals surface area contributed by atoms with E-state index in [0.29, 0.717) is 171 Å². The van der Waals surface area contributed by atoms with Gasteiger partial charge in [0, 0.05) is 145 Å². The van der Waals surface area contributed by atoms with Crippen LogP contribution in [0.2, 0.25) is 10.0 Å². The molecule has 134 heavy (non-hydrogen) atoms. The summed E-state index contributed by atoms with van der Waals surface area (Å²) in [4.78, 5) is 96.7. The van der Waals surface area contributed by atoms with Crippen molar-refractivity contribution in [2.24, 2.45) is 0 Å². The summed E-state index contributed by atoms with van der Waals surface area (Å²) in [6.07, 6.45) is -4.12. The molecule has 686 valence electrons. The van der Waals surface area contributed by atoms with Crippen LogP contribution in [0.5, 0.6) is 0 Å². The number of amides is 6. The maximum atomic E-state index is 14.2. The van der Waals surface area contributed by atoms with E-state index in [0.717, 1.165) is 73.2 Å². The number of Topliss-reactive ketones (excluding diaryl/α,β-unsaturated/α-hetero) is 1. The largest absolute Gasteiger partial charge is 0.416 e. The molecule has 3 aromatic heterocycles. The molecular formula is C103H92Cl2F8N14O7. The first kappa shape index (κ1) is 98.3. The molecule has 1 saturated heterocycles. The number of nitrogens with zero attached hydrogens (tertiary/aromatic N) is 7. The van der Waals surface area contributed by atoms with Crippen molar-refractivity contribution in [2.75, 3.05) is 105 Å². The standard InChI is InChI=1S/C42H41F4N5O3.C34H23ClF4N4O2.C27H28ClN5O2/c1-4-51(5-2)25-34(52)16-19-39(53)29-11-7-27(8-12-29)10-17-35-36-21-28(9-13-30(36)24-48-40(35)47)20-31-22-33(15-6-26(31)3)49-41(54)50-38-23-32(42(44,45)46)14-18-37(38)43;1-19-2-3-21(15-31(44)42-30-16-24(34(37,38)39)10-13-28(30)36)14-29(19)43-33(45)22-7-4-20(5-8-22)6-12-26-27-17-25(35)11-9-23(27)18-41-32(26)40;1-18-14-19(5-9-23-24-15-21(28)7-6-20(24)16-30-26(23)29)4-8-22(18)27(35)33-12-10-32(11-13-33)25(34)17-31(2)3/h6-9,11-15,18,21-24,34,52H,4-5,16,19-20,25H2,1-3H3,(H2,47,48)(H2,49,50,54);2-5,7-11,13-14,16-18H,15H2,1H3,(H2,40,41)(H,42,44)(H,43,45);4,6-8,14-16H,10-13,17H2,1-3H3,(H2,29,30). The van der Waals surface area contributed by atoms with Crippen LogP contribution >= 0.6 is 23.2 Å². The molecule has 1 unspecified atom stereocenters. The Labute approximate surface area is 778 Å². The average Bonchev–Trinajstić information content (AvgIpc) is 0.801. The van der Waals surface area contributed by atoms with Crippen molar-refractivity contribution in [2.45, 2.75) is 78.8 Å². The maximum Gasteiger partial charge on any atom is 0.416 e. The molecule has 1 aliphatic heterocycles. The van der Waals surface area contributed by atoms with Crippen LogP contribution < -0.4 is 38.5 Å². The van der Waals surface area contributed by atoms with Crippen molar-refractivity contribution >= 4 is 131 Å². The third-order valence-corrected chi connectivity index (χ3v) is 22.5. The molecule has 0 saturated carbocycles. The lowest BCUT2D eigenvalue weighted by molar-refractivity contribution is -0.138. The van der Waals surface area contributed by atoms with Crippen LogP contribution in [-0.4, -0.2) is 148 Å². The molecule has 14 rings (SSSR count). The number of hydrogen-bond acceptors (Lipinski definition) is 15. The Hall–Kier alpha value is -14.8. The number of ketones is 1. The lowest BCUT2D eigenvalue weighted by Gasteiger charge is -2.35. The van der Waals surface area contributed by atoms with Crippen molar-refractivity contribution in [3.63, 3.8) is 0 Å². The maximum absolute atomic E-state index is 14.2. The molecule has 11 N–H and O–H groups in total. The number of rotatable bonds is 20. The lowest BCUT2D eigenvalue weighted by Crippen LogP contribution is -2.52. The van der Waals surface area contributed by atoms with Gasteiger partial charge in [0.1, 0.15) is 29.1 Å². The number of piperazine rings is 1. The Morgan fingerprint density at radius 1 is 0.500 bits per heavy atom. The van der Waals surface area contributed by atoms with Crippen LogP contribution in [0.3, 0.4) is 0 Å². The minimum absolute atomic E-state index is 0.0288. The van der Waals surface area contributed by atoms with Gasteiger partial charge < -0.3 is 63.2 Å². The van der Waals surface area contributed by atoms with E-state index in [9.17, 15) is 69.0 Å². The van der Waals surface area contributed by atoms with Gasteiger partial charge in [0.2, 0.25) is 11.8 Å². The monoisotopic (exact) mass is 1860 g/mol. The van der Waals surface area contributed by atoms with Crippen LogP contribution in [0.4, 0.5) is 80.1 Å². The quantitative estimate of drug-likeness (QED) is 0.0200. The van der Waals surface area contributed by atoms with Gasteiger partial charge in [-0.25, -0.2) is 28.5 Å². The number of hydrogen-bond donors (Lipinski definition) is 8. The minimum atomic E-state index is -4.70. The SMILES string of the molecule is CCN(CC)CC(O)CCC(=O)c1ccc(C#Cc2c(N)ncc3ccc(Cc4cc(NC(=O)Nc5cc(C(F)(F)F)ccc5F)ccc4C)cc23)cc1.Cc1cc(C#Cc2c(N)ncc3ccc(Cl)cc23)ccc1C(=O)N1CCN(C(=O)CN(C)C)CC1.Cc1ccc(CC(=O)Nc2cc(C(F)(F)F)ccc2F)cc1NC(=O)c1ccc(C#Cc2c(N)ncc3ccc(Cl)cc23)cc1. The first-order valence-electron chi connectivity index (χ1n) is 42.3. The van der Waals surface area contributed by atoms with E-state index in [1.165, 1.54) is 0 Å². The van der Waals surface area contributed by atoms with E-state index in [1.54, 1.807) is 134 Å². The van der Waals surface area contributed by atoms with Crippen molar-refractivity contribution in [3.05, 3.63) is 329 Å². The topological polar surface area (TPSA) is 300 Å². The zero-order valence-corrected chi connectivity index (χ0v) is 75.3. The van der Waals surface area contributed by atoms with Gasteiger partial charge >= 0.3 is 18.4 Å². The van der Waals surface area contributed by atoms with E-state index < -0.39 is 70.4 Å². The number of anilines is 7. The smallest absolute Gasteiger partial charge is 0.392 e. The molecule has 13 aromatic rings. The van der Waals surface area contributed by atoms with Gasteiger partial charge in [0.15, 0.2) is 5.78 Å². The number of aliphatic hydroxyl groups is 1. The minimum Gasteiger partial charge on any atom is -0.392 e. The number of pyridine rings is 3. The molecule has 0 radical (unpaired) electrons. The first-order valence-corrected chi connectivity index (χ1v) is 43.1. The molecule has 0 spiro atoms. The number of benzene rings is 10. The van der Waals surface area contributed by atoms with Gasteiger partial charge in [-0.1, -0.05) is 127 Å². The molecule has 10 aromatic carbocycles. The van der Waals surface area contributed by atoms with E-state index in [2.05, 4.69) is 76.6 Å². The van der Waals surface area contributed by atoms with E-state index >= 15 is 0 Å². The molecule has 0 bridgehead atoms. The number of carbonyl (C=O) groups excluding carboxylic acids is 6. The zero-order chi connectivity index (χ0) is 96.4. The highest BCUT2D eigenvalue weighted by molar-refractivity contribution is 6.32. The number of nitrogen functional groups attached to an aromatic ring is 3. The Morgan fingerprint density at radius 3 is 1.51 bits per heavy atom. The van der Waals surface area contributed by atoms with Gasteiger partial charge in [0.25, 0.3) is 11.8 Å². The summed E-state index contributed by atoms with van der Waals surface area (Å²) in [5.74, 6) is 16.4. The third-order valence-electron chi connectivity index (χ3n) is 22.0. The third kappa shape index (κ3) is 26.1. The highest BCUT2D eigenvalue weighted by atomic mass is 35.5. The predicted octanol–water partition coefficient (Wildman–Crippen LogP) is 19.4. The van der Waals surface area contributed by atoms with Crippen molar-refractivity contribution in [1.29, 1.82) is 0 Å². The number of fused-ring (bicyclic) bond motifs is 3. The average molecular weight is 1860 g/mol. The normalized spacial score (nSPS) is 12.1. The second-order valence-electron chi connectivity index (χ2n) is 32.0.